The topological polar surface area (TPSA) is 135 Å². The van der Waals surface area contributed by atoms with Crippen molar-refractivity contribution in [3.8, 4) is 0 Å². The molecule has 0 aliphatic heterocycles. The molecule has 0 bridgehead atoms. The van der Waals surface area contributed by atoms with Crippen LogP contribution in [0.3, 0.4) is 0 Å². The molecular weight excluding hydrogens is 348 g/mol. The number of benzene rings is 2. The molecule has 0 heterocycles. The second-order valence-electron chi connectivity index (χ2n) is 5.69. The van der Waals surface area contributed by atoms with Crippen molar-refractivity contribution in [3.63, 3.8) is 0 Å². The predicted molar refractivity (Wildman–Crippen MR) is 96.6 cm³/mol. The number of hydrogen-bond donors (Lipinski definition) is 3. The molecule has 8 nitrogen and oxygen atoms in total. The molecule has 27 heavy (non-hydrogen) atoms. The Morgan fingerprint density at radius 3 is 2.04 bits per heavy atom. The molecule has 2 aromatic rings. The molecule has 2 aromatic carbocycles. The summed E-state index contributed by atoms with van der Waals surface area (Å²) in [6.07, 6.45) is -0.928. The highest BCUT2D eigenvalue weighted by Gasteiger charge is 2.25. The number of amides is 2. The number of rotatable bonds is 8. The van der Waals surface area contributed by atoms with E-state index in [-0.39, 0.29) is 18.9 Å². The third kappa shape index (κ3) is 8.09. The molecule has 0 saturated carbocycles. The molecule has 0 fully saturated rings. The fraction of sp³-hybridized carbons (Fsp3) is 0.263. The molecule has 0 aliphatic carbocycles. The van der Waals surface area contributed by atoms with Gasteiger partial charge in [-0.15, -0.1) is 0 Å². The Kier molecular flexibility index (Phi) is 9.78. The first-order valence-corrected chi connectivity index (χ1v) is 8.23. The molecule has 0 saturated heterocycles. The first kappa shape index (κ1) is 21.8. The standard InChI is InChI=1S/C19H22N2O4.N2/c1-14(22)18(20-17(23)12-15-8-4-2-5-9-15)19(24)21-25-13-16-10-6-3-7-11-16;1-2/h2-11,14,18,22H,12-13H2,1H3,(H,20,23)(H,21,24);/t14-,18+;/m1./s1. The van der Waals surface area contributed by atoms with Crippen LogP contribution in [0.15, 0.2) is 60.7 Å². The fourth-order valence-corrected chi connectivity index (χ4v) is 2.24. The molecule has 0 spiro atoms. The Morgan fingerprint density at radius 1 is 1.00 bits per heavy atom. The average molecular weight is 370 g/mol. The van der Waals surface area contributed by atoms with Crippen molar-refractivity contribution in [2.24, 2.45) is 0 Å². The highest BCUT2D eigenvalue weighted by Crippen LogP contribution is 2.02. The fourth-order valence-electron chi connectivity index (χ4n) is 2.24. The Labute approximate surface area is 157 Å². The number of carbonyl (C=O) groups is 2. The zero-order valence-corrected chi connectivity index (χ0v) is 14.9. The normalized spacial score (nSPS) is 12.0. The van der Waals surface area contributed by atoms with Gasteiger partial charge in [0.1, 0.15) is 6.04 Å². The van der Waals surface area contributed by atoms with Crippen LogP contribution in [-0.4, -0.2) is 29.1 Å². The van der Waals surface area contributed by atoms with E-state index in [1.54, 1.807) is 0 Å². The summed E-state index contributed by atoms with van der Waals surface area (Å²) >= 11 is 0. The van der Waals surface area contributed by atoms with Gasteiger partial charge in [0, 0.05) is 10.8 Å². The number of carbonyl (C=O) groups excluding carboxylic acids is 2. The summed E-state index contributed by atoms with van der Waals surface area (Å²) in [5, 5.41) is 24.3. The van der Waals surface area contributed by atoms with E-state index in [9.17, 15) is 14.7 Å². The molecule has 2 atom stereocenters. The van der Waals surface area contributed by atoms with Crippen LogP contribution in [0.1, 0.15) is 18.1 Å². The third-order valence-corrected chi connectivity index (χ3v) is 3.54. The highest BCUT2D eigenvalue weighted by atomic mass is 16.6. The molecule has 3 N–H and O–H groups in total. The van der Waals surface area contributed by atoms with Gasteiger partial charge in [0.25, 0.3) is 5.91 Å². The Hall–Kier alpha value is -3.28. The second-order valence-corrected chi connectivity index (χ2v) is 5.69. The van der Waals surface area contributed by atoms with E-state index in [2.05, 4.69) is 10.8 Å². The maximum atomic E-state index is 12.2. The Balaban J connectivity index is 0.00000176. The van der Waals surface area contributed by atoms with Crippen LogP contribution in [0.2, 0.25) is 0 Å². The van der Waals surface area contributed by atoms with Crippen molar-refractivity contribution in [3.05, 3.63) is 71.8 Å². The van der Waals surface area contributed by atoms with Gasteiger partial charge in [-0.25, -0.2) is 5.48 Å². The largest absolute Gasteiger partial charge is 0.391 e. The molecule has 2 rings (SSSR count). The van der Waals surface area contributed by atoms with E-state index in [0.717, 1.165) is 11.1 Å². The minimum absolute atomic E-state index is 0.127. The van der Waals surface area contributed by atoms with Crippen molar-refractivity contribution in [2.45, 2.75) is 32.1 Å². The maximum absolute atomic E-state index is 12.2. The molecule has 0 aromatic heterocycles. The van der Waals surface area contributed by atoms with E-state index < -0.39 is 18.1 Å². The lowest BCUT2D eigenvalue weighted by Gasteiger charge is -2.20. The molecular formula is C19H22N4O4. The van der Waals surface area contributed by atoms with Gasteiger partial charge < -0.3 is 10.4 Å². The highest BCUT2D eigenvalue weighted by molar-refractivity contribution is 5.88. The second kappa shape index (κ2) is 12.1. The number of nitrogens with one attached hydrogen (secondary N) is 2. The summed E-state index contributed by atoms with van der Waals surface area (Å²) in [6.45, 7) is 1.63. The molecule has 2 amide bonds. The van der Waals surface area contributed by atoms with Crippen LogP contribution in [0.4, 0.5) is 0 Å². The summed E-state index contributed by atoms with van der Waals surface area (Å²) in [5.41, 5.74) is 3.99. The van der Waals surface area contributed by atoms with Gasteiger partial charge in [-0.3, -0.25) is 14.4 Å². The van der Waals surface area contributed by atoms with E-state index in [4.69, 9.17) is 15.6 Å². The van der Waals surface area contributed by atoms with Gasteiger partial charge in [-0.2, -0.15) is 0 Å². The van der Waals surface area contributed by atoms with Crippen LogP contribution < -0.4 is 10.8 Å². The van der Waals surface area contributed by atoms with Crippen LogP contribution in [0.25, 0.3) is 0 Å². The molecule has 0 aliphatic rings. The van der Waals surface area contributed by atoms with Crippen molar-refractivity contribution >= 4 is 11.8 Å². The average Bonchev–Trinajstić information content (AvgIpc) is 2.69. The van der Waals surface area contributed by atoms with Crippen molar-refractivity contribution in [1.82, 2.24) is 10.8 Å². The van der Waals surface area contributed by atoms with E-state index >= 15 is 0 Å². The summed E-state index contributed by atoms with van der Waals surface area (Å²) in [5.74, 6) is -0.956. The number of hydroxylamine groups is 1. The molecule has 0 unspecified atom stereocenters. The van der Waals surface area contributed by atoms with Gasteiger partial charge in [-0.05, 0) is 18.1 Å². The lowest BCUT2D eigenvalue weighted by atomic mass is 10.1. The van der Waals surface area contributed by atoms with E-state index in [0.29, 0.717) is 0 Å². The monoisotopic (exact) mass is 370 g/mol. The van der Waals surface area contributed by atoms with E-state index in [1.807, 2.05) is 60.7 Å². The summed E-state index contributed by atoms with van der Waals surface area (Å²) in [6, 6.07) is 17.4. The Morgan fingerprint density at radius 2 is 1.52 bits per heavy atom. The quantitative estimate of drug-likeness (QED) is 0.474. The smallest absolute Gasteiger partial charge is 0.268 e. The van der Waals surface area contributed by atoms with E-state index in [1.165, 1.54) is 6.92 Å². The van der Waals surface area contributed by atoms with Crippen LogP contribution in [-0.2, 0) is 27.5 Å². The van der Waals surface area contributed by atoms with Gasteiger partial charge in [0.15, 0.2) is 0 Å². The lowest BCUT2D eigenvalue weighted by molar-refractivity contribution is -0.141. The SMILES string of the molecule is C[C@@H](O)[C@H](NC(=O)Cc1ccccc1)C(=O)NOCc1ccccc1.N#N. The first-order chi connectivity index (χ1) is 13.1. The van der Waals surface area contributed by atoms with Crippen LogP contribution in [0.5, 0.6) is 0 Å². The van der Waals surface area contributed by atoms with Crippen molar-refractivity contribution < 1.29 is 19.5 Å². The van der Waals surface area contributed by atoms with Gasteiger partial charge >= 0.3 is 0 Å². The van der Waals surface area contributed by atoms with Crippen molar-refractivity contribution in [2.75, 3.05) is 0 Å². The molecule has 0 radical (unpaired) electrons. The minimum atomic E-state index is -1.09. The third-order valence-electron chi connectivity index (χ3n) is 3.54. The summed E-state index contributed by atoms with van der Waals surface area (Å²) in [7, 11) is 0. The molecule has 142 valence electrons. The molecule has 8 heteroatoms. The van der Waals surface area contributed by atoms with Crippen LogP contribution in [0, 0.1) is 10.8 Å². The van der Waals surface area contributed by atoms with Gasteiger partial charge in [0.2, 0.25) is 5.91 Å². The number of hydrogen-bond acceptors (Lipinski definition) is 6. The zero-order valence-electron chi connectivity index (χ0n) is 14.9. The lowest BCUT2D eigenvalue weighted by Crippen LogP contribution is -2.52. The summed E-state index contributed by atoms with van der Waals surface area (Å²) < 4.78 is 0. The van der Waals surface area contributed by atoms with Gasteiger partial charge in [-0.1, -0.05) is 60.7 Å². The number of aliphatic hydroxyl groups is 1. The predicted octanol–water partition coefficient (Wildman–Crippen LogP) is 1.37. The summed E-state index contributed by atoms with van der Waals surface area (Å²) in [4.78, 5) is 29.4. The zero-order chi connectivity index (χ0) is 20.1. The number of nitrogens with zero attached hydrogens (tertiary/aromatic N) is 2. The van der Waals surface area contributed by atoms with Crippen LogP contribution >= 0.6 is 0 Å². The minimum Gasteiger partial charge on any atom is -0.391 e. The van der Waals surface area contributed by atoms with Gasteiger partial charge in [0.05, 0.1) is 19.1 Å². The first-order valence-electron chi connectivity index (χ1n) is 8.23. The van der Waals surface area contributed by atoms with Crippen molar-refractivity contribution in [1.29, 1.82) is 10.8 Å². The number of aliphatic hydroxyl groups excluding tert-OH is 1. The Bertz CT molecular complexity index is 720. The maximum Gasteiger partial charge on any atom is 0.268 e.